The molecule has 5 N–H and O–H groups in total. The number of hydrogen-bond donors (Lipinski definition) is 5. The summed E-state index contributed by atoms with van der Waals surface area (Å²) in [6.45, 7) is 3.88. The van der Waals surface area contributed by atoms with Gasteiger partial charge in [-0.25, -0.2) is 9.97 Å². The second-order valence-corrected chi connectivity index (χ2v) is 7.72. The van der Waals surface area contributed by atoms with Gasteiger partial charge in [-0.3, -0.25) is 0 Å². The first-order valence-electron chi connectivity index (χ1n) is 10.7. The molecule has 0 aliphatic carbocycles. The molecular weight excluding hydrogens is 434 g/mol. The Morgan fingerprint density at radius 1 is 1.12 bits per heavy atom. The quantitative estimate of drug-likeness (QED) is 0.222. The predicted octanol–water partition coefficient (Wildman–Crippen LogP) is 3.63. The fraction of sp³-hybridized carbons (Fsp3) is 0.217. The lowest BCUT2D eigenvalue weighted by molar-refractivity contribution is 0.276. The minimum Gasteiger partial charge on any atom is -0.423 e. The Morgan fingerprint density at radius 3 is 2.62 bits per heavy atom. The van der Waals surface area contributed by atoms with E-state index in [0.29, 0.717) is 22.8 Å². The van der Waals surface area contributed by atoms with Gasteiger partial charge in [0, 0.05) is 42.0 Å². The zero-order chi connectivity index (χ0) is 23.9. The smallest absolute Gasteiger partial charge is 0.252 e. The molecule has 0 saturated heterocycles. The monoisotopic (exact) mass is 459 g/mol. The van der Waals surface area contributed by atoms with Crippen LogP contribution in [-0.2, 0) is 0 Å². The Labute approximate surface area is 196 Å². The van der Waals surface area contributed by atoms with Crippen molar-refractivity contribution in [3.05, 3.63) is 66.3 Å². The van der Waals surface area contributed by atoms with Gasteiger partial charge in [-0.2, -0.15) is 4.98 Å². The summed E-state index contributed by atoms with van der Waals surface area (Å²) in [7, 11) is 0. The summed E-state index contributed by atoms with van der Waals surface area (Å²) in [5.41, 5.74) is 2.82. The van der Waals surface area contributed by atoms with Gasteiger partial charge in [0.1, 0.15) is 11.6 Å². The summed E-state index contributed by atoms with van der Waals surface area (Å²) < 4.78 is 5.35. The minimum atomic E-state index is -0.419. The van der Waals surface area contributed by atoms with E-state index in [4.69, 9.17) is 9.83 Å². The van der Waals surface area contributed by atoms with Crippen molar-refractivity contribution in [2.24, 2.45) is 0 Å². The zero-order valence-electron chi connectivity index (χ0n) is 18.7. The van der Waals surface area contributed by atoms with Gasteiger partial charge in [-0.15, -0.1) is 10.2 Å². The van der Waals surface area contributed by atoms with E-state index < -0.39 is 6.04 Å². The third-order valence-corrected chi connectivity index (χ3v) is 4.85. The summed E-state index contributed by atoms with van der Waals surface area (Å²) in [4.78, 5) is 13.3. The molecule has 0 amide bonds. The van der Waals surface area contributed by atoms with Gasteiger partial charge >= 0.3 is 0 Å². The molecule has 4 rings (SSSR count). The normalized spacial score (nSPS) is 11.8. The first-order valence-corrected chi connectivity index (χ1v) is 10.7. The fourth-order valence-electron chi connectivity index (χ4n) is 3.28. The topological polar surface area (TPSA) is 158 Å². The third kappa shape index (κ3) is 5.33. The summed E-state index contributed by atoms with van der Waals surface area (Å²) in [6, 6.07) is 11.1. The van der Waals surface area contributed by atoms with Gasteiger partial charge in [0.15, 0.2) is 0 Å². The number of hydrogen-bond acceptors (Lipinski definition) is 11. The van der Waals surface area contributed by atoms with Crippen molar-refractivity contribution in [1.82, 2.24) is 25.1 Å². The van der Waals surface area contributed by atoms with Crippen LogP contribution in [0.3, 0.4) is 0 Å². The second kappa shape index (κ2) is 10.5. The maximum atomic E-state index is 10.0. The molecule has 0 saturated carbocycles. The molecule has 1 unspecified atom stereocenters. The molecular formula is C23H25N9O2. The highest BCUT2D eigenvalue weighted by Gasteiger charge is 2.19. The fourth-order valence-corrected chi connectivity index (χ4v) is 3.28. The molecule has 1 aromatic carbocycles. The van der Waals surface area contributed by atoms with Gasteiger partial charge in [0.25, 0.3) is 5.89 Å². The molecule has 34 heavy (non-hydrogen) atoms. The molecule has 11 nitrogen and oxygen atoms in total. The van der Waals surface area contributed by atoms with Crippen LogP contribution in [0.1, 0.15) is 31.0 Å². The summed E-state index contributed by atoms with van der Waals surface area (Å²) >= 11 is 0. The van der Waals surface area contributed by atoms with E-state index in [0.717, 1.165) is 11.3 Å². The van der Waals surface area contributed by atoms with Crippen LogP contribution >= 0.6 is 0 Å². The van der Waals surface area contributed by atoms with Crippen LogP contribution in [0.2, 0.25) is 0 Å². The van der Waals surface area contributed by atoms with Crippen molar-refractivity contribution in [3.63, 3.8) is 0 Å². The molecule has 1 atom stereocenters. The molecule has 3 heterocycles. The van der Waals surface area contributed by atoms with Crippen molar-refractivity contribution in [1.29, 1.82) is 5.41 Å². The number of nitrogens with zero attached hydrogens (tertiary/aromatic N) is 5. The van der Waals surface area contributed by atoms with E-state index in [2.05, 4.69) is 41.1 Å². The van der Waals surface area contributed by atoms with Crippen LogP contribution in [0.5, 0.6) is 0 Å². The Balaban J connectivity index is 1.66. The van der Waals surface area contributed by atoms with Crippen LogP contribution in [0.25, 0.3) is 11.5 Å². The van der Waals surface area contributed by atoms with Crippen LogP contribution in [0.15, 0.2) is 59.6 Å². The van der Waals surface area contributed by atoms with E-state index in [9.17, 15) is 5.11 Å². The summed E-state index contributed by atoms with van der Waals surface area (Å²) in [5, 5.41) is 35.0. The van der Waals surface area contributed by atoms with Crippen molar-refractivity contribution >= 4 is 29.5 Å². The average molecular weight is 460 g/mol. The molecule has 174 valence electrons. The largest absolute Gasteiger partial charge is 0.423 e. The Bertz CT molecular complexity index is 1230. The zero-order valence-corrected chi connectivity index (χ0v) is 18.7. The number of aromatic nitrogens is 5. The number of nitrogens with one attached hydrogen (secondary N) is 4. The maximum absolute atomic E-state index is 10.0. The molecule has 4 aromatic rings. The first-order chi connectivity index (χ1) is 16.6. The van der Waals surface area contributed by atoms with Gasteiger partial charge in [-0.05, 0) is 19.4 Å². The number of pyridine rings is 1. The number of benzene rings is 1. The predicted molar refractivity (Wildman–Crippen MR) is 129 cm³/mol. The van der Waals surface area contributed by atoms with E-state index >= 15 is 0 Å². The SMILES string of the molecule is CC(C)Nc1cc(Nc2ncc(-c3nnco3)c(NC(CO)c3ccccc3)n2)ncc1C=N. The number of aliphatic hydroxyl groups excluding tert-OH is 1. The average Bonchev–Trinajstić information content (AvgIpc) is 3.38. The van der Waals surface area contributed by atoms with Crippen LogP contribution in [0, 0.1) is 5.41 Å². The van der Waals surface area contributed by atoms with Crippen molar-refractivity contribution in [2.45, 2.75) is 25.9 Å². The van der Waals surface area contributed by atoms with Crippen molar-refractivity contribution < 1.29 is 9.52 Å². The Morgan fingerprint density at radius 2 is 1.94 bits per heavy atom. The highest BCUT2D eigenvalue weighted by atomic mass is 16.4. The standard InChI is InChI=1S/C23H25N9O2/c1-14(2)28-18-8-20(25-10-16(18)9-24)30-23-26-11-17(22-32-27-13-34-22)21(31-23)29-19(12-33)15-6-4-3-5-7-15/h3-11,13-14,19,24,33H,12H2,1-2H3,(H3,25,26,28,29,30,31). The Hall–Kier alpha value is -4.38. The molecule has 0 aliphatic rings. The number of aliphatic hydroxyl groups is 1. The lowest BCUT2D eigenvalue weighted by Gasteiger charge is -2.19. The van der Waals surface area contributed by atoms with Crippen LogP contribution in [0.4, 0.5) is 23.3 Å². The van der Waals surface area contributed by atoms with E-state index in [-0.39, 0.29) is 24.5 Å². The second-order valence-electron chi connectivity index (χ2n) is 7.72. The summed E-state index contributed by atoms with van der Waals surface area (Å²) in [6.07, 6.45) is 5.63. The molecule has 0 aliphatic heterocycles. The van der Waals surface area contributed by atoms with Gasteiger partial charge in [0.05, 0.1) is 18.2 Å². The van der Waals surface area contributed by atoms with Crippen molar-refractivity contribution in [3.8, 4) is 11.5 Å². The molecule has 0 bridgehead atoms. The summed E-state index contributed by atoms with van der Waals surface area (Å²) in [5.74, 6) is 1.44. The lowest BCUT2D eigenvalue weighted by atomic mass is 10.1. The van der Waals surface area contributed by atoms with Crippen molar-refractivity contribution in [2.75, 3.05) is 22.6 Å². The van der Waals surface area contributed by atoms with Crippen LogP contribution < -0.4 is 16.0 Å². The van der Waals surface area contributed by atoms with E-state index in [1.165, 1.54) is 12.6 Å². The molecule has 0 spiro atoms. The first kappa shape index (κ1) is 22.8. The molecule has 0 radical (unpaired) electrons. The molecule has 0 fully saturated rings. The van der Waals surface area contributed by atoms with E-state index in [1.807, 2.05) is 44.2 Å². The number of anilines is 4. The van der Waals surface area contributed by atoms with Gasteiger partial charge in [-0.1, -0.05) is 30.3 Å². The lowest BCUT2D eigenvalue weighted by Crippen LogP contribution is -2.17. The van der Waals surface area contributed by atoms with Gasteiger partial charge in [0.2, 0.25) is 12.3 Å². The van der Waals surface area contributed by atoms with E-state index in [1.54, 1.807) is 18.5 Å². The highest BCUT2D eigenvalue weighted by Crippen LogP contribution is 2.29. The number of rotatable bonds is 10. The minimum absolute atomic E-state index is 0.156. The maximum Gasteiger partial charge on any atom is 0.252 e. The highest BCUT2D eigenvalue weighted by molar-refractivity contribution is 5.86. The Kier molecular flexibility index (Phi) is 7.04. The van der Waals surface area contributed by atoms with Crippen LogP contribution in [-0.4, -0.2) is 49.1 Å². The third-order valence-electron chi connectivity index (χ3n) is 4.85. The van der Waals surface area contributed by atoms with Gasteiger partial charge < -0.3 is 30.9 Å². The molecule has 3 aromatic heterocycles. The molecule has 11 heteroatoms.